The van der Waals surface area contributed by atoms with Crippen LogP contribution in [0.15, 0.2) is 0 Å². The molecule has 0 aromatic carbocycles. The smallest absolute Gasteiger partial charge is 0.0807 e. The quantitative estimate of drug-likeness (QED) is 0.543. The normalized spacial score (nSPS) is 21.2. The molecule has 0 aromatic heterocycles. The lowest BCUT2D eigenvalue weighted by Crippen LogP contribution is -2.42. The van der Waals surface area contributed by atoms with Gasteiger partial charge in [-0.15, -0.1) is 0 Å². The van der Waals surface area contributed by atoms with Gasteiger partial charge in [-0.05, 0) is 19.9 Å². The zero-order valence-electron chi connectivity index (χ0n) is 10.2. The first-order valence-corrected chi connectivity index (χ1v) is 6.10. The number of hydrogen-bond acceptors (Lipinski definition) is 3. The highest BCUT2D eigenvalue weighted by atomic mass is 16.5. The summed E-state index contributed by atoms with van der Waals surface area (Å²) >= 11 is 0. The van der Waals surface area contributed by atoms with Crippen LogP contribution < -0.4 is 5.32 Å². The molecule has 0 heterocycles. The van der Waals surface area contributed by atoms with Gasteiger partial charge in [0.15, 0.2) is 0 Å². The Hall–Kier alpha value is -0.120. The highest BCUT2D eigenvalue weighted by Crippen LogP contribution is 2.29. The number of nitrogens with one attached hydrogen (secondary N) is 1. The van der Waals surface area contributed by atoms with Crippen LogP contribution in [0.5, 0.6) is 0 Å². The van der Waals surface area contributed by atoms with Gasteiger partial charge in [0, 0.05) is 13.7 Å². The Labute approximate surface area is 93.5 Å². The molecule has 0 atom stereocenters. The van der Waals surface area contributed by atoms with Crippen molar-refractivity contribution in [2.45, 2.75) is 44.1 Å². The summed E-state index contributed by atoms with van der Waals surface area (Å²) in [5.41, 5.74) is 0.0732. The lowest BCUT2D eigenvalue weighted by atomic mass is 9.94. The zero-order valence-corrected chi connectivity index (χ0v) is 10.2. The molecular formula is C12H25NO2. The van der Waals surface area contributed by atoms with Crippen molar-refractivity contribution >= 4 is 0 Å². The van der Waals surface area contributed by atoms with E-state index in [1.807, 2.05) is 7.05 Å². The number of methoxy groups -OCH3 is 1. The van der Waals surface area contributed by atoms with Crippen LogP contribution in [-0.2, 0) is 9.47 Å². The van der Waals surface area contributed by atoms with E-state index in [4.69, 9.17) is 9.47 Å². The van der Waals surface area contributed by atoms with Gasteiger partial charge in [0.2, 0.25) is 0 Å². The maximum atomic E-state index is 6.04. The van der Waals surface area contributed by atoms with Crippen molar-refractivity contribution in [3.63, 3.8) is 0 Å². The van der Waals surface area contributed by atoms with Crippen LogP contribution in [0.1, 0.15) is 38.5 Å². The van der Waals surface area contributed by atoms with E-state index in [2.05, 4.69) is 5.32 Å². The second-order valence-corrected chi connectivity index (χ2v) is 4.47. The van der Waals surface area contributed by atoms with E-state index in [-0.39, 0.29) is 5.60 Å². The van der Waals surface area contributed by atoms with Crippen molar-refractivity contribution in [2.75, 3.05) is 33.9 Å². The standard InChI is InChI=1S/C12H25NO2/c1-13-11-12(15-10-9-14-2)7-5-3-4-6-8-12/h13H,3-11H2,1-2H3. The maximum absolute atomic E-state index is 6.04. The molecule has 15 heavy (non-hydrogen) atoms. The molecule has 0 radical (unpaired) electrons. The van der Waals surface area contributed by atoms with Crippen LogP contribution in [0.2, 0.25) is 0 Å². The summed E-state index contributed by atoms with van der Waals surface area (Å²) in [7, 11) is 3.73. The lowest BCUT2D eigenvalue weighted by molar-refractivity contribution is -0.0697. The van der Waals surface area contributed by atoms with Crippen LogP contribution in [-0.4, -0.2) is 39.5 Å². The van der Waals surface area contributed by atoms with Gasteiger partial charge < -0.3 is 14.8 Å². The summed E-state index contributed by atoms with van der Waals surface area (Å²) in [6, 6.07) is 0. The largest absolute Gasteiger partial charge is 0.382 e. The number of rotatable bonds is 6. The molecule has 90 valence electrons. The van der Waals surface area contributed by atoms with Crippen LogP contribution in [0.4, 0.5) is 0 Å². The van der Waals surface area contributed by atoms with Crippen molar-refractivity contribution in [2.24, 2.45) is 0 Å². The summed E-state index contributed by atoms with van der Waals surface area (Å²) in [5, 5.41) is 3.27. The topological polar surface area (TPSA) is 30.5 Å². The van der Waals surface area contributed by atoms with Gasteiger partial charge in [0.25, 0.3) is 0 Å². The van der Waals surface area contributed by atoms with Gasteiger partial charge in [-0.3, -0.25) is 0 Å². The SMILES string of the molecule is CNCC1(OCCOC)CCCCCC1. The summed E-state index contributed by atoms with van der Waals surface area (Å²) in [4.78, 5) is 0. The van der Waals surface area contributed by atoms with Crippen molar-refractivity contribution in [1.29, 1.82) is 0 Å². The predicted molar refractivity (Wildman–Crippen MR) is 62.2 cm³/mol. The molecule has 1 N–H and O–H groups in total. The fourth-order valence-electron chi connectivity index (χ4n) is 2.41. The molecule has 3 heteroatoms. The molecule has 0 spiro atoms. The van der Waals surface area contributed by atoms with Gasteiger partial charge in [-0.2, -0.15) is 0 Å². The summed E-state index contributed by atoms with van der Waals surface area (Å²) < 4.78 is 11.1. The molecule has 1 fully saturated rings. The van der Waals surface area contributed by atoms with Crippen LogP contribution >= 0.6 is 0 Å². The van der Waals surface area contributed by atoms with Crippen molar-refractivity contribution in [1.82, 2.24) is 5.32 Å². The Morgan fingerprint density at radius 1 is 1.07 bits per heavy atom. The van der Waals surface area contributed by atoms with Crippen LogP contribution in [0.25, 0.3) is 0 Å². The molecule has 1 aliphatic carbocycles. The third kappa shape index (κ3) is 4.49. The van der Waals surface area contributed by atoms with E-state index in [0.29, 0.717) is 6.61 Å². The molecular weight excluding hydrogens is 190 g/mol. The van der Waals surface area contributed by atoms with Crippen LogP contribution in [0, 0.1) is 0 Å². The van der Waals surface area contributed by atoms with Crippen molar-refractivity contribution in [3.05, 3.63) is 0 Å². The molecule has 0 bridgehead atoms. The van der Waals surface area contributed by atoms with Gasteiger partial charge in [-0.25, -0.2) is 0 Å². The second-order valence-electron chi connectivity index (χ2n) is 4.47. The van der Waals surface area contributed by atoms with E-state index in [9.17, 15) is 0 Å². The maximum Gasteiger partial charge on any atom is 0.0807 e. The first kappa shape index (κ1) is 12.9. The third-order valence-corrected chi connectivity index (χ3v) is 3.21. The second kappa shape index (κ2) is 7.20. The first-order chi connectivity index (χ1) is 7.33. The molecule has 0 amide bonds. The third-order valence-electron chi connectivity index (χ3n) is 3.21. The minimum Gasteiger partial charge on any atom is -0.382 e. The van der Waals surface area contributed by atoms with Crippen molar-refractivity contribution < 1.29 is 9.47 Å². The fourth-order valence-corrected chi connectivity index (χ4v) is 2.41. The summed E-state index contributed by atoms with van der Waals surface area (Å²) in [6.07, 6.45) is 7.70. The Kier molecular flexibility index (Phi) is 6.22. The molecule has 0 aliphatic heterocycles. The van der Waals surface area contributed by atoms with E-state index in [0.717, 1.165) is 13.2 Å². The molecule has 3 nitrogen and oxygen atoms in total. The average molecular weight is 215 g/mol. The predicted octanol–water partition coefficient (Wildman–Crippen LogP) is 1.96. The Morgan fingerprint density at radius 3 is 2.27 bits per heavy atom. The Balaban J connectivity index is 2.42. The molecule has 1 aliphatic rings. The lowest BCUT2D eigenvalue weighted by Gasteiger charge is -2.33. The number of likely N-dealkylation sites (N-methyl/N-ethyl adjacent to an activating group) is 1. The zero-order chi connectivity index (χ0) is 11.0. The molecule has 1 rings (SSSR count). The molecule has 0 saturated heterocycles. The first-order valence-electron chi connectivity index (χ1n) is 6.10. The molecule has 0 aromatic rings. The summed E-state index contributed by atoms with van der Waals surface area (Å²) in [5.74, 6) is 0. The van der Waals surface area contributed by atoms with Gasteiger partial charge in [-0.1, -0.05) is 25.7 Å². The van der Waals surface area contributed by atoms with Gasteiger partial charge in [0.05, 0.1) is 18.8 Å². The summed E-state index contributed by atoms with van der Waals surface area (Å²) in [6.45, 7) is 2.39. The van der Waals surface area contributed by atoms with Gasteiger partial charge >= 0.3 is 0 Å². The number of ether oxygens (including phenoxy) is 2. The van der Waals surface area contributed by atoms with E-state index < -0.39 is 0 Å². The highest BCUT2D eigenvalue weighted by Gasteiger charge is 2.30. The minimum atomic E-state index is 0.0732. The highest BCUT2D eigenvalue weighted by molar-refractivity contribution is 4.85. The van der Waals surface area contributed by atoms with Crippen molar-refractivity contribution in [3.8, 4) is 0 Å². The average Bonchev–Trinajstić information content (AvgIpc) is 2.45. The molecule has 1 saturated carbocycles. The Morgan fingerprint density at radius 2 is 1.73 bits per heavy atom. The fraction of sp³-hybridized carbons (Fsp3) is 1.00. The Bertz CT molecular complexity index is 154. The van der Waals surface area contributed by atoms with Gasteiger partial charge in [0.1, 0.15) is 0 Å². The van der Waals surface area contributed by atoms with E-state index >= 15 is 0 Å². The minimum absolute atomic E-state index is 0.0732. The molecule has 0 unspecified atom stereocenters. The van der Waals surface area contributed by atoms with E-state index in [1.165, 1.54) is 38.5 Å². The monoisotopic (exact) mass is 215 g/mol. The van der Waals surface area contributed by atoms with Crippen LogP contribution in [0.3, 0.4) is 0 Å². The number of hydrogen-bond donors (Lipinski definition) is 1. The van der Waals surface area contributed by atoms with E-state index in [1.54, 1.807) is 7.11 Å².